The highest BCUT2D eigenvalue weighted by Crippen LogP contribution is 2.34. The molecule has 0 heterocycles. The van der Waals surface area contributed by atoms with Crippen molar-refractivity contribution < 1.29 is 24.5 Å². The van der Waals surface area contributed by atoms with Gasteiger partial charge in [-0.3, -0.25) is 9.59 Å². The zero-order chi connectivity index (χ0) is 21.0. The first kappa shape index (κ1) is 24.8. The van der Waals surface area contributed by atoms with Gasteiger partial charge in [0.25, 0.3) is 0 Å². The van der Waals surface area contributed by atoms with E-state index in [9.17, 15) is 19.8 Å². The minimum Gasteiger partial charge on any atom is -0.469 e. The summed E-state index contributed by atoms with van der Waals surface area (Å²) in [5.74, 6) is -0.241. The molecule has 0 aromatic rings. The lowest BCUT2D eigenvalue weighted by Crippen LogP contribution is -2.23. The van der Waals surface area contributed by atoms with E-state index in [-0.39, 0.29) is 30.0 Å². The van der Waals surface area contributed by atoms with Crippen LogP contribution < -0.4 is 0 Å². The fraction of sp³-hybridized carbons (Fsp3) is 0.826. The van der Waals surface area contributed by atoms with Gasteiger partial charge in [-0.25, -0.2) is 0 Å². The summed E-state index contributed by atoms with van der Waals surface area (Å²) in [6.07, 6.45) is 13.0. The molecule has 0 amide bonds. The molecule has 0 saturated heterocycles. The van der Waals surface area contributed by atoms with Crippen LogP contribution in [-0.4, -0.2) is 40.8 Å². The first-order valence-corrected chi connectivity index (χ1v) is 11.0. The van der Waals surface area contributed by atoms with Crippen molar-refractivity contribution >= 4 is 11.8 Å². The van der Waals surface area contributed by atoms with Crippen LogP contribution in [0.4, 0.5) is 0 Å². The molecule has 2 N–H and O–H groups in total. The Labute approximate surface area is 170 Å². The van der Waals surface area contributed by atoms with Crippen LogP contribution >= 0.6 is 0 Å². The largest absolute Gasteiger partial charge is 0.469 e. The second-order valence-corrected chi connectivity index (χ2v) is 8.54. The lowest BCUT2D eigenvalue weighted by atomic mass is 9.87. The molecule has 28 heavy (non-hydrogen) atoms. The predicted molar refractivity (Wildman–Crippen MR) is 111 cm³/mol. The van der Waals surface area contributed by atoms with E-state index in [1.54, 1.807) is 0 Å². The van der Waals surface area contributed by atoms with E-state index in [0.29, 0.717) is 12.8 Å². The number of aliphatic hydroxyl groups excluding tert-OH is 1. The van der Waals surface area contributed by atoms with Gasteiger partial charge in [0.2, 0.25) is 0 Å². The summed E-state index contributed by atoms with van der Waals surface area (Å²) in [6.45, 7) is 3.96. The molecule has 1 rings (SSSR count). The molecule has 4 atom stereocenters. The van der Waals surface area contributed by atoms with Crippen molar-refractivity contribution in [2.75, 3.05) is 7.11 Å². The molecule has 1 aliphatic rings. The molecular formula is C23H40O5. The van der Waals surface area contributed by atoms with Crippen molar-refractivity contribution in [2.24, 2.45) is 11.8 Å². The summed E-state index contributed by atoms with van der Waals surface area (Å²) in [5.41, 5.74) is -0.722. The summed E-state index contributed by atoms with van der Waals surface area (Å²) in [6, 6.07) is 0. The van der Waals surface area contributed by atoms with Crippen molar-refractivity contribution in [2.45, 2.75) is 103 Å². The molecule has 0 bridgehead atoms. The van der Waals surface area contributed by atoms with Crippen LogP contribution in [-0.2, 0) is 14.3 Å². The highest BCUT2D eigenvalue weighted by Gasteiger charge is 2.39. The summed E-state index contributed by atoms with van der Waals surface area (Å²) >= 11 is 0. The Hall–Kier alpha value is -1.20. The Morgan fingerprint density at radius 3 is 2.57 bits per heavy atom. The van der Waals surface area contributed by atoms with Gasteiger partial charge in [0.1, 0.15) is 5.78 Å². The van der Waals surface area contributed by atoms with Gasteiger partial charge >= 0.3 is 5.97 Å². The van der Waals surface area contributed by atoms with E-state index in [2.05, 4.69) is 11.7 Å². The van der Waals surface area contributed by atoms with Crippen molar-refractivity contribution in [1.29, 1.82) is 0 Å². The van der Waals surface area contributed by atoms with Crippen LogP contribution in [0.2, 0.25) is 0 Å². The fourth-order valence-electron chi connectivity index (χ4n) is 4.00. The lowest BCUT2D eigenvalue weighted by Gasteiger charge is -2.22. The molecule has 1 aliphatic carbocycles. The first-order valence-electron chi connectivity index (χ1n) is 11.0. The SMILES string of the molecule is CCCCC(C)(O)C/C=C/C1C(CCCCCCCC(=O)OC)C(=O)C[C@H]1O. The van der Waals surface area contributed by atoms with E-state index >= 15 is 0 Å². The number of hydrogen-bond acceptors (Lipinski definition) is 5. The monoisotopic (exact) mass is 396 g/mol. The second-order valence-electron chi connectivity index (χ2n) is 8.54. The topological polar surface area (TPSA) is 83.8 Å². The third-order valence-corrected chi connectivity index (χ3v) is 5.84. The van der Waals surface area contributed by atoms with E-state index in [4.69, 9.17) is 0 Å². The Morgan fingerprint density at radius 1 is 1.21 bits per heavy atom. The van der Waals surface area contributed by atoms with E-state index in [1.807, 2.05) is 19.1 Å². The number of ketones is 1. The van der Waals surface area contributed by atoms with Gasteiger partial charge in [-0.1, -0.05) is 57.6 Å². The predicted octanol–water partition coefficient (Wildman–Crippen LogP) is 4.34. The number of esters is 1. The third-order valence-electron chi connectivity index (χ3n) is 5.84. The first-order chi connectivity index (χ1) is 13.3. The molecule has 0 spiro atoms. The highest BCUT2D eigenvalue weighted by molar-refractivity contribution is 5.84. The number of unbranched alkanes of at least 4 members (excludes halogenated alkanes) is 5. The van der Waals surface area contributed by atoms with Crippen molar-refractivity contribution in [3.05, 3.63) is 12.2 Å². The van der Waals surface area contributed by atoms with Crippen LogP contribution in [0.3, 0.4) is 0 Å². The van der Waals surface area contributed by atoms with Crippen molar-refractivity contribution in [3.63, 3.8) is 0 Å². The summed E-state index contributed by atoms with van der Waals surface area (Å²) in [5, 5.41) is 20.7. The van der Waals surface area contributed by atoms with E-state index in [0.717, 1.165) is 57.8 Å². The minimum absolute atomic E-state index is 0.109. The zero-order valence-electron chi connectivity index (χ0n) is 18.0. The Morgan fingerprint density at radius 2 is 1.89 bits per heavy atom. The maximum absolute atomic E-state index is 12.3. The number of Topliss-reactive ketones (excluding diaryl/α,β-unsaturated/α-hetero) is 1. The van der Waals surface area contributed by atoms with E-state index < -0.39 is 11.7 Å². The molecule has 0 aromatic carbocycles. The zero-order valence-corrected chi connectivity index (χ0v) is 18.0. The lowest BCUT2D eigenvalue weighted by molar-refractivity contribution is -0.140. The molecule has 0 radical (unpaired) electrons. The average Bonchev–Trinajstić information content (AvgIpc) is 2.92. The van der Waals surface area contributed by atoms with Gasteiger partial charge in [0.15, 0.2) is 0 Å². The molecule has 1 saturated carbocycles. The number of aliphatic hydroxyl groups is 2. The smallest absolute Gasteiger partial charge is 0.305 e. The maximum Gasteiger partial charge on any atom is 0.305 e. The van der Waals surface area contributed by atoms with Gasteiger partial charge in [-0.15, -0.1) is 0 Å². The minimum atomic E-state index is -0.722. The molecular weight excluding hydrogens is 356 g/mol. The molecule has 1 fully saturated rings. The Kier molecular flexibility index (Phi) is 11.6. The normalized spacial score (nSPS) is 24.6. The number of carbonyl (C=O) groups excluding carboxylic acids is 2. The highest BCUT2D eigenvalue weighted by atomic mass is 16.5. The average molecular weight is 397 g/mol. The van der Waals surface area contributed by atoms with Crippen LogP contribution in [0.15, 0.2) is 12.2 Å². The summed E-state index contributed by atoms with van der Waals surface area (Å²) in [7, 11) is 1.41. The van der Waals surface area contributed by atoms with Gasteiger partial charge in [-0.2, -0.15) is 0 Å². The molecule has 3 unspecified atom stereocenters. The Bertz CT molecular complexity index is 497. The van der Waals surface area contributed by atoms with Gasteiger partial charge in [0, 0.05) is 24.7 Å². The molecule has 5 nitrogen and oxygen atoms in total. The van der Waals surface area contributed by atoms with Gasteiger partial charge < -0.3 is 14.9 Å². The summed E-state index contributed by atoms with van der Waals surface area (Å²) < 4.78 is 4.63. The summed E-state index contributed by atoms with van der Waals surface area (Å²) in [4.78, 5) is 23.3. The standard InChI is InChI=1S/C23H40O5/c1-4-5-15-23(2,27)16-11-13-19-18(20(24)17-21(19)25)12-9-7-6-8-10-14-22(26)28-3/h11,13,18-19,21,25,27H,4-10,12,14-17H2,1-3H3/b13-11+/t18?,19?,21-,23?/m1/s1. The molecule has 5 heteroatoms. The van der Waals surface area contributed by atoms with Crippen LogP contribution in [0.25, 0.3) is 0 Å². The van der Waals surface area contributed by atoms with Crippen molar-refractivity contribution in [1.82, 2.24) is 0 Å². The number of ether oxygens (including phenoxy) is 1. The molecule has 162 valence electrons. The van der Waals surface area contributed by atoms with Gasteiger partial charge in [-0.05, 0) is 32.6 Å². The maximum atomic E-state index is 12.3. The van der Waals surface area contributed by atoms with Crippen molar-refractivity contribution in [3.8, 4) is 0 Å². The second kappa shape index (κ2) is 13.1. The number of carbonyl (C=O) groups is 2. The number of methoxy groups -OCH3 is 1. The Balaban J connectivity index is 2.37. The molecule has 0 aliphatic heterocycles. The fourth-order valence-corrected chi connectivity index (χ4v) is 4.00. The number of rotatable bonds is 14. The van der Waals surface area contributed by atoms with Crippen LogP contribution in [0.1, 0.15) is 90.9 Å². The van der Waals surface area contributed by atoms with Gasteiger partial charge in [0.05, 0.1) is 18.8 Å². The van der Waals surface area contributed by atoms with Crippen LogP contribution in [0, 0.1) is 11.8 Å². The number of hydrogen-bond donors (Lipinski definition) is 2. The van der Waals surface area contributed by atoms with E-state index in [1.165, 1.54) is 7.11 Å². The third kappa shape index (κ3) is 9.33. The van der Waals surface area contributed by atoms with Crippen LogP contribution in [0.5, 0.6) is 0 Å². The quantitative estimate of drug-likeness (QED) is 0.259. The molecule has 0 aromatic heterocycles.